The van der Waals surface area contributed by atoms with Gasteiger partial charge in [0.25, 0.3) is 5.91 Å². The van der Waals surface area contributed by atoms with Crippen LogP contribution in [0.25, 0.3) is 0 Å². The van der Waals surface area contributed by atoms with E-state index in [1.165, 1.54) is 6.92 Å². The van der Waals surface area contributed by atoms with Crippen molar-refractivity contribution in [3.8, 4) is 0 Å². The molecule has 0 aliphatic carbocycles. The molecule has 0 atom stereocenters. The summed E-state index contributed by atoms with van der Waals surface area (Å²) in [4.78, 5) is 23.3. The van der Waals surface area contributed by atoms with Crippen LogP contribution in [0.2, 0.25) is 0 Å². The first-order valence-corrected chi connectivity index (χ1v) is 7.34. The van der Waals surface area contributed by atoms with Crippen molar-refractivity contribution < 1.29 is 14.0 Å². The van der Waals surface area contributed by atoms with Gasteiger partial charge in [0.15, 0.2) is 11.6 Å². The van der Waals surface area contributed by atoms with Crippen LogP contribution in [0.4, 0.5) is 11.6 Å². The molecule has 0 aliphatic heterocycles. The smallest absolute Gasteiger partial charge is 0.291 e. The highest BCUT2D eigenvalue weighted by atomic mass is 16.4. The van der Waals surface area contributed by atoms with E-state index in [0.29, 0.717) is 0 Å². The number of hydrogen-bond acceptors (Lipinski definition) is 3. The molecule has 2 amide bonds. The first kappa shape index (κ1) is 15.8. The molecule has 0 fully saturated rings. The molecule has 1 aromatic heterocycles. The Morgan fingerprint density at radius 2 is 1.64 bits per heavy atom. The van der Waals surface area contributed by atoms with Crippen LogP contribution in [0.5, 0.6) is 0 Å². The second-order valence-electron chi connectivity index (χ2n) is 4.96. The number of amides is 2. The number of para-hydroxylation sites is 1. The minimum absolute atomic E-state index is 0.164. The number of rotatable bonds is 5. The van der Waals surface area contributed by atoms with Gasteiger partial charge in [-0.3, -0.25) is 14.9 Å². The summed E-state index contributed by atoms with van der Waals surface area (Å²) in [6.45, 7) is 5.48. The van der Waals surface area contributed by atoms with Gasteiger partial charge in [-0.25, -0.2) is 0 Å². The highest BCUT2D eigenvalue weighted by molar-refractivity contribution is 6.03. The van der Waals surface area contributed by atoms with E-state index in [9.17, 15) is 9.59 Å². The number of nitrogens with one attached hydrogen (secondary N) is 2. The monoisotopic (exact) mass is 300 g/mol. The molecule has 0 radical (unpaired) electrons. The molecule has 0 saturated carbocycles. The topological polar surface area (TPSA) is 71.3 Å². The summed E-state index contributed by atoms with van der Waals surface area (Å²) < 4.78 is 5.33. The minimum atomic E-state index is -0.327. The molecule has 0 saturated heterocycles. The van der Waals surface area contributed by atoms with Crippen LogP contribution in [0.1, 0.15) is 42.5 Å². The van der Waals surface area contributed by atoms with Crippen molar-refractivity contribution in [2.24, 2.45) is 0 Å². The maximum atomic E-state index is 12.3. The van der Waals surface area contributed by atoms with E-state index in [1.54, 1.807) is 12.1 Å². The predicted octanol–water partition coefficient (Wildman–Crippen LogP) is 3.62. The molecular formula is C17H20N2O3. The van der Waals surface area contributed by atoms with Crippen molar-refractivity contribution in [3.63, 3.8) is 0 Å². The molecule has 5 heteroatoms. The zero-order valence-corrected chi connectivity index (χ0v) is 13.0. The Hall–Kier alpha value is -2.56. The molecule has 1 aromatic carbocycles. The van der Waals surface area contributed by atoms with Crippen molar-refractivity contribution in [1.82, 2.24) is 0 Å². The lowest BCUT2D eigenvalue weighted by molar-refractivity contribution is -0.114. The van der Waals surface area contributed by atoms with Crippen LogP contribution < -0.4 is 10.6 Å². The first-order chi connectivity index (χ1) is 10.5. The van der Waals surface area contributed by atoms with Gasteiger partial charge >= 0.3 is 0 Å². The zero-order valence-electron chi connectivity index (χ0n) is 13.0. The van der Waals surface area contributed by atoms with E-state index >= 15 is 0 Å². The van der Waals surface area contributed by atoms with Gasteiger partial charge in [-0.15, -0.1) is 0 Å². The second-order valence-corrected chi connectivity index (χ2v) is 4.96. The van der Waals surface area contributed by atoms with Crippen LogP contribution in [0.3, 0.4) is 0 Å². The lowest BCUT2D eigenvalue weighted by Crippen LogP contribution is -2.14. The molecule has 1 heterocycles. The fraction of sp³-hybridized carbons (Fsp3) is 0.294. The number of benzene rings is 1. The largest absolute Gasteiger partial charge is 0.435 e. The number of hydrogen-bond donors (Lipinski definition) is 2. The molecule has 0 unspecified atom stereocenters. The number of aryl methyl sites for hydroxylation is 2. The molecule has 116 valence electrons. The van der Waals surface area contributed by atoms with Gasteiger partial charge in [0, 0.05) is 18.7 Å². The maximum Gasteiger partial charge on any atom is 0.291 e. The fourth-order valence-corrected chi connectivity index (χ4v) is 2.28. The van der Waals surface area contributed by atoms with E-state index in [2.05, 4.69) is 10.6 Å². The molecule has 2 rings (SSSR count). The lowest BCUT2D eigenvalue weighted by atomic mass is 10.0. The zero-order chi connectivity index (χ0) is 16.1. The van der Waals surface area contributed by atoms with Crippen molar-refractivity contribution in [3.05, 3.63) is 47.2 Å². The molecular weight excluding hydrogens is 280 g/mol. The number of anilines is 2. The van der Waals surface area contributed by atoms with E-state index < -0.39 is 0 Å². The maximum absolute atomic E-state index is 12.3. The fourth-order valence-electron chi connectivity index (χ4n) is 2.28. The molecule has 2 N–H and O–H groups in total. The second kappa shape index (κ2) is 6.93. The Balaban J connectivity index is 2.22. The molecule has 2 aromatic rings. The summed E-state index contributed by atoms with van der Waals surface area (Å²) in [6.07, 6.45) is 1.66. The van der Waals surface area contributed by atoms with Crippen LogP contribution >= 0.6 is 0 Å². The average molecular weight is 300 g/mol. The molecule has 0 aliphatic rings. The van der Waals surface area contributed by atoms with Crippen LogP contribution in [0, 0.1) is 0 Å². The Bertz CT molecular complexity index is 667. The summed E-state index contributed by atoms with van der Waals surface area (Å²) in [5, 5.41) is 5.42. The normalized spacial score (nSPS) is 10.3. The van der Waals surface area contributed by atoms with E-state index in [-0.39, 0.29) is 23.5 Å². The molecule has 5 nitrogen and oxygen atoms in total. The van der Waals surface area contributed by atoms with Crippen molar-refractivity contribution >= 4 is 23.4 Å². The predicted molar refractivity (Wildman–Crippen MR) is 86.2 cm³/mol. The van der Waals surface area contributed by atoms with Crippen LogP contribution in [-0.2, 0) is 17.6 Å². The number of furan rings is 1. The van der Waals surface area contributed by atoms with Gasteiger partial charge in [-0.1, -0.05) is 32.0 Å². The summed E-state index contributed by atoms with van der Waals surface area (Å²) in [5.41, 5.74) is 3.01. The van der Waals surface area contributed by atoms with Crippen LogP contribution in [0.15, 0.2) is 34.7 Å². The van der Waals surface area contributed by atoms with Crippen molar-refractivity contribution in [1.29, 1.82) is 0 Å². The molecule has 0 spiro atoms. The Labute approximate surface area is 129 Å². The molecule has 0 bridgehead atoms. The SMILES string of the molecule is CCc1cccc(CC)c1NC(=O)c1ccc(NC(C)=O)o1. The van der Waals surface area contributed by atoms with Crippen molar-refractivity contribution in [2.45, 2.75) is 33.6 Å². The van der Waals surface area contributed by atoms with Gasteiger partial charge in [0.1, 0.15) is 0 Å². The Kier molecular flexibility index (Phi) is 4.99. The number of carbonyl (C=O) groups excluding carboxylic acids is 2. The Morgan fingerprint density at radius 3 is 2.18 bits per heavy atom. The van der Waals surface area contributed by atoms with Gasteiger partial charge in [0.05, 0.1) is 0 Å². The molecule has 22 heavy (non-hydrogen) atoms. The average Bonchev–Trinajstić information content (AvgIpc) is 2.95. The highest BCUT2D eigenvalue weighted by Gasteiger charge is 2.15. The van der Waals surface area contributed by atoms with Crippen LogP contribution in [-0.4, -0.2) is 11.8 Å². The third kappa shape index (κ3) is 3.55. The first-order valence-electron chi connectivity index (χ1n) is 7.34. The van der Waals surface area contributed by atoms with Gasteiger partial charge in [-0.2, -0.15) is 0 Å². The Morgan fingerprint density at radius 1 is 1.00 bits per heavy atom. The summed E-state index contributed by atoms with van der Waals surface area (Å²) in [5.74, 6) is -0.146. The van der Waals surface area contributed by atoms with Gasteiger partial charge in [0.2, 0.25) is 5.91 Å². The van der Waals surface area contributed by atoms with E-state index in [1.807, 2.05) is 32.0 Å². The standard InChI is InChI=1S/C17H20N2O3/c1-4-12-7-6-8-13(5-2)16(12)19-17(21)14-9-10-15(22-14)18-11(3)20/h6-10H,4-5H2,1-3H3,(H,18,20)(H,19,21). The quantitative estimate of drug-likeness (QED) is 0.886. The number of carbonyl (C=O) groups is 2. The van der Waals surface area contributed by atoms with Crippen molar-refractivity contribution in [2.75, 3.05) is 10.6 Å². The third-order valence-electron chi connectivity index (χ3n) is 3.37. The van der Waals surface area contributed by atoms with Gasteiger partial charge in [-0.05, 0) is 30.0 Å². The van der Waals surface area contributed by atoms with E-state index in [4.69, 9.17) is 4.42 Å². The van der Waals surface area contributed by atoms with Gasteiger partial charge < -0.3 is 9.73 Å². The third-order valence-corrected chi connectivity index (χ3v) is 3.37. The minimum Gasteiger partial charge on any atom is -0.435 e. The summed E-state index contributed by atoms with van der Waals surface area (Å²) >= 11 is 0. The highest BCUT2D eigenvalue weighted by Crippen LogP contribution is 2.24. The van der Waals surface area contributed by atoms with E-state index in [0.717, 1.165) is 29.7 Å². The summed E-state index contributed by atoms with van der Waals surface area (Å²) in [6, 6.07) is 9.10. The lowest BCUT2D eigenvalue weighted by Gasteiger charge is -2.13. The summed E-state index contributed by atoms with van der Waals surface area (Å²) in [7, 11) is 0.